The van der Waals surface area contributed by atoms with E-state index in [-0.39, 0.29) is 11.2 Å². The predicted octanol–water partition coefficient (Wildman–Crippen LogP) is 2.48. The van der Waals surface area contributed by atoms with E-state index in [1.54, 1.807) is 0 Å². The van der Waals surface area contributed by atoms with E-state index in [4.69, 9.17) is 5.73 Å². The highest BCUT2D eigenvalue weighted by Gasteiger charge is 2.26. The number of rotatable bonds is 3. The molecule has 1 rings (SSSR count). The van der Waals surface area contributed by atoms with Gasteiger partial charge in [0, 0.05) is 5.41 Å². The van der Waals surface area contributed by atoms with Crippen LogP contribution in [-0.4, -0.2) is 11.8 Å². The van der Waals surface area contributed by atoms with E-state index in [2.05, 4.69) is 6.07 Å². The number of carbonyl (C=O) groups is 1. The Balaban J connectivity index is 2.72. The van der Waals surface area contributed by atoms with Crippen molar-refractivity contribution in [3.8, 4) is 0 Å². The van der Waals surface area contributed by atoms with Crippen molar-refractivity contribution >= 4 is 5.78 Å². The number of ketones is 1. The van der Waals surface area contributed by atoms with Gasteiger partial charge in [-0.3, -0.25) is 4.79 Å². The molecule has 0 bridgehead atoms. The zero-order valence-corrected chi connectivity index (χ0v) is 10.6. The van der Waals surface area contributed by atoms with Gasteiger partial charge in [0.25, 0.3) is 0 Å². The fourth-order valence-corrected chi connectivity index (χ4v) is 1.74. The number of hydrogen-bond donors (Lipinski definition) is 1. The molecule has 0 amide bonds. The summed E-state index contributed by atoms with van der Waals surface area (Å²) < 4.78 is 0. The summed E-state index contributed by atoms with van der Waals surface area (Å²) in [6, 6.07) is 7.74. The van der Waals surface area contributed by atoms with Gasteiger partial charge in [0.05, 0.1) is 6.04 Å². The maximum atomic E-state index is 11.9. The molecule has 2 N–H and O–H groups in total. The largest absolute Gasteiger partial charge is 0.321 e. The van der Waals surface area contributed by atoms with Gasteiger partial charge in [0.1, 0.15) is 0 Å². The quantitative estimate of drug-likeness (QED) is 0.848. The van der Waals surface area contributed by atoms with Crippen molar-refractivity contribution < 1.29 is 4.79 Å². The molecule has 0 spiro atoms. The van der Waals surface area contributed by atoms with E-state index in [0.717, 1.165) is 5.56 Å². The van der Waals surface area contributed by atoms with Gasteiger partial charge in [-0.05, 0) is 18.9 Å². The van der Waals surface area contributed by atoms with Crippen LogP contribution in [0.1, 0.15) is 31.9 Å². The minimum absolute atomic E-state index is 0.119. The van der Waals surface area contributed by atoms with Crippen molar-refractivity contribution in [3.63, 3.8) is 0 Å². The molecule has 1 atom stereocenters. The second-order valence-corrected chi connectivity index (χ2v) is 5.41. The summed E-state index contributed by atoms with van der Waals surface area (Å²) in [5.74, 6) is 0.119. The van der Waals surface area contributed by atoms with Gasteiger partial charge in [-0.25, -0.2) is 0 Å². The monoisotopic (exact) mass is 219 g/mol. The average molecular weight is 219 g/mol. The third-order valence-electron chi connectivity index (χ3n) is 2.61. The Hall–Kier alpha value is -1.15. The molecule has 2 heteroatoms. The predicted molar refractivity (Wildman–Crippen MR) is 67.3 cm³/mol. The number of nitrogens with two attached hydrogens (primary N) is 1. The summed E-state index contributed by atoms with van der Waals surface area (Å²) in [6.45, 7) is 7.77. The van der Waals surface area contributed by atoms with Gasteiger partial charge in [0.15, 0.2) is 5.78 Å². The van der Waals surface area contributed by atoms with Crippen LogP contribution in [0.4, 0.5) is 0 Å². The molecule has 0 heterocycles. The summed E-state index contributed by atoms with van der Waals surface area (Å²) in [6.07, 6.45) is 0.623. The Kier molecular flexibility index (Phi) is 3.87. The molecular weight excluding hydrogens is 198 g/mol. The van der Waals surface area contributed by atoms with Gasteiger partial charge in [-0.2, -0.15) is 0 Å². The van der Waals surface area contributed by atoms with Crippen molar-refractivity contribution in [2.45, 2.75) is 40.2 Å². The number of benzene rings is 1. The van der Waals surface area contributed by atoms with E-state index in [9.17, 15) is 4.79 Å². The van der Waals surface area contributed by atoms with Crippen LogP contribution in [0.15, 0.2) is 24.3 Å². The molecule has 0 saturated carbocycles. The summed E-state index contributed by atoms with van der Waals surface area (Å²) in [4.78, 5) is 11.9. The molecule has 0 aromatic heterocycles. The molecule has 0 aliphatic heterocycles. The maximum absolute atomic E-state index is 11.9. The molecule has 0 radical (unpaired) electrons. The Morgan fingerprint density at radius 3 is 2.50 bits per heavy atom. The maximum Gasteiger partial charge on any atom is 0.155 e. The lowest BCUT2D eigenvalue weighted by Crippen LogP contribution is -2.40. The third-order valence-corrected chi connectivity index (χ3v) is 2.61. The molecule has 0 aliphatic carbocycles. The summed E-state index contributed by atoms with van der Waals surface area (Å²) in [5, 5.41) is 0. The minimum Gasteiger partial charge on any atom is -0.321 e. The van der Waals surface area contributed by atoms with Crippen LogP contribution in [0.25, 0.3) is 0 Å². The van der Waals surface area contributed by atoms with Crippen molar-refractivity contribution in [2.75, 3.05) is 0 Å². The lowest BCUT2D eigenvalue weighted by molar-refractivity contribution is -0.127. The molecule has 16 heavy (non-hydrogen) atoms. The van der Waals surface area contributed by atoms with Crippen molar-refractivity contribution in [1.29, 1.82) is 0 Å². The number of aryl methyl sites for hydroxylation is 1. The van der Waals surface area contributed by atoms with E-state index >= 15 is 0 Å². The Morgan fingerprint density at radius 2 is 2.00 bits per heavy atom. The zero-order chi connectivity index (χ0) is 12.3. The van der Waals surface area contributed by atoms with E-state index in [1.807, 2.05) is 45.9 Å². The Bertz CT molecular complexity index is 377. The first-order chi connectivity index (χ1) is 7.30. The zero-order valence-electron chi connectivity index (χ0n) is 10.6. The van der Waals surface area contributed by atoms with Crippen molar-refractivity contribution in [3.05, 3.63) is 35.4 Å². The van der Waals surface area contributed by atoms with Gasteiger partial charge in [0.2, 0.25) is 0 Å². The molecular formula is C14H21NO. The highest BCUT2D eigenvalue weighted by Crippen LogP contribution is 2.18. The van der Waals surface area contributed by atoms with Crippen LogP contribution < -0.4 is 5.73 Å². The molecule has 1 aromatic rings. The molecule has 1 aromatic carbocycles. The minimum atomic E-state index is -0.401. The van der Waals surface area contributed by atoms with E-state index in [1.165, 1.54) is 5.56 Å². The molecule has 2 nitrogen and oxygen atoms in total. The van der Waals surface area contributed by atoms with Crippen molar-refractivity contribution in [1.82, 2.24) is 0 Å². The topological polar surface area (TPSA) is 43.1 Å². The second-order valence-electron chi connectivity index (χ2n) is 5.41. The number of Topliss-reactive ketones (excluding diaryl/α,β-unsaturated/α-hetero) is 1. The van der Waals surface area contributed by atoms with Crippen LogP contribution in [0, 0.1) is 12.3 Å². The van der Waals surface area contributed by atoms with Crippen LogP contribution in [0.2, 0.25) is 0 Å². The Morgan fingerprint density at radius 1 is 1.38 bits per heavy atom. The summed E-state index contributed by atoms with van der Waals surface area (Å²) in [5.41, 5.74) is 7.91. The molecule has 0 fully saturated rings. The molecule has 0 unspecified atom stereocenters. The SMILES string of the molecule is Cc1cccc(C[C@@H](N)C(=O)C(C)(C)C)c1. The normalized spacial score (nSPS) is 13.6. The number of hydrogen-bond acceptors (Lipinski definition) is 2. The van der Waals surface area contributed by atoms with Gasteiger partial charge >= 0.3 is 0 Å². The first kappa shape index (κ1) is 12.9. The van der Waals surface area contributed by atoms with E-state index in [0.29, 0.717) is 6.42 Å². The average Bonchev–Trinajstić information content (AvgIpc) is 2.15. The van der Waals surface area contributed by atoms with Gasteiger partial charge in [-0.1, -0.05) is 50.6 Å². The van der Waals surface area contributed by atoms with Gasteiger partial charge < -0.3 is 5.73 Å². The van der Waals surface area contributed by atoms with Crippen LogP contribution in [0.3, 0.4) is 0 Å². The highest BCUT2D eigenvalue weighted by atomic mass is 16.1. The fourth-order valence-electron chi connectivity index (χ4n) is 1.74. The summed E-state index contributed by atoms with van der Waals surface area (Å²) in [7, 11) is 0. The second kappa shape index (κ2) is 4.79. The lowest BCUT2D eigenvalue weighted by atomic mass is 9.84. The molecule has 0 saturated heterocycles. The van der Waals surface area contributed by atoms with Crippen molar-refractivity contribution in [2.24, 2.45) is 11.1 Å². The summed E-state index contributed by atoms with van der Waals surface area (Å²) >= 11 is 0. The smallest absolute Gasteiger partial charge is 0.155 e. The fraction of sp³-hybridized carbons (Fsp3) is 0.500. The first-order valence-corrected chi connectivity index (χ1v) is 5.66. The van der Waals surface area contributed by atoms with E-state index < -0.39 is 6.04 Å². The third kappa shape index (κ3) is 3.46. The highest BCUT2D eigenvalue weighted by molar-refractivity contribution is 5.88. The molecule has 0 aliphatic rings. The molecule has 88 valence electrons. The van der Waals surface area contributed by atoms with Gasteiger partial charge in [-0.15, -0.1) is 0 Å². The van der Waals surface area contributed by atoms with Crippen LogP contribution in [0.5, 0.6) is 0 Å². The standard InChI is InChI=1S/C14H21NO/c1-10-6-5-7-11(8-10)9-12(15)13(16)14(2,3)4/h5-8,12H,9,15H2,1-4H3/t12-/m1/s1. The number of carbonyl (C=O) groups excluding carboxylic acids is 1. The first-order valence-electron chi connectivity index (χ1n) is 5.66. The Labute approximate surface area is 97.9 Å². The van der Waals surface area contributed by atoms with Crippen LogP contribution >= 0.6 is 0 Å². The lowest BCUT2D eigenvalue weighted by Gasteiger charge is -2.21. The van der Waals surface area contributed by atoms with Crippen LogP contribution in [-0.2, 0) is 11.2 Å².